The molecule has 22 heavy (non-hydrogen) atoms. The zero-order chi connectivity index (χ0) is 15.4. The van der Waals surface area contributed by atoms with Crippen molar-refractivity contribution in [1.82, 2.24) is 10.5 Å². The third-order valence-corrected chi connectivity index (χ3v) is 3.80. The van der Waals surface area contributed by atoms with E-state index < -0.39 is 5.60 Å². The van der Waals surface area contributed by atoms with Crippen molar-refractivity contribution in [3.63, 3.8) is 0 Å². The Morgan fingerprint density at radius 2 is 2.00 bits per heavy atom. The van der Waals surface area contributed by atoms with E-state index in [2.05, 4.69) is 10.5 Å². The van der Waals surface area contributed by atoms with E-state index in [1.54, 1.807) is 6.07 Å². The lowest BCUT2D eigenvalue weighted by Crippen LogP contribution is -2.46. The van der Waals surface area contributed by atoms with Crippen molar-refractivity contribution >= 4 is 5.91 Å². The third kappa shape index (κ3) is 3.35. The summed E-state index contributed by atoms with van der Waals surface area (Å²) >= 11 is 0. The van der Waals surface area contributed by atoms with Gasteiger partial charge in [0.2, 0.25) is 0 Å². The van der Waals surface area contributed by atoms with E-state index in [-0.39, 0.29) is 18.1 Å². The van der Waals surface area contributed by atoms with Crippen LogP contribution in [0.25, 0.3) is 11.3 Å². The molecule has 1 aromatic carbocycles. The molecule has 116 valence electrons. The van der Waals surface area contributed by atoms with Crippen molar-refractivity contribution in [3.8, 4) is 11.3 Å². The molecule has 2 N–H and O–H groups in total. The summed E-state index contributed by atoms with van der Waals surface area (Å²) in [6.07, 6.45) is 1.03. The highest BCUT2D eigenvalue weighted by atomic mass is 16.5. The number of hydrogen-bond donors (Lipinski definition) is 2. The van der Waals surface area contributed by atoms with Gasteiger partial charge < -0.3 is 19.7 Å². The Hall–Kier alpha value is -2.18. The van der Waals surface area contributed by atoms with E-state index in [0.29, 0.717) is 31.8 Å². The smallest absolute Gasteiger partial charge is 0.273 e. The summed E-state index contributed by atoms with van der Waals surface area (Å²) in [7, 11) is 0. The number of hydrogen-bond acceptors (Lipinski definition) is 5. The van der Waals surface area contributed by atoms with Crippen LogP contribution in [0, 0.1) is 0 Å². The van der Waals surface area contributed by atoms with Crippen LogP contribution in [0.4, 0.5) is 0 Å². The van der Waals surface area contributed by atoms with Crippen LogP contribution in [-0.2, 0) is 4.74 Å². The Kier molecular flexibility index (Phi) is 4.22. The van der Waals surface area contributed by atoms with Crippen molar-refractivity contribution in [3.05, 3.63) is 42.1 Å². The van der Waals surface area contributed by atoms with E-state index in [9.17, 15) is 9.90 Å². The summed E-state index contributed by atoms with van der Waals surface area (Å²) in [5.74, 6) is 0.182. The van der Waals surface area contributed by atoms with Crippen LogP contribution >= 0.6 is 0 Å². The van der Waals surface area contributed by atoms with Crippen LogP contribution in [0.2, 0.25) is 0 Å². The highest BCUT2D eigenvalue weighted by Crippen LogP contribution is 2.21. The van der Waals surface area contributed by atoms with Gasteiger partial charge in [0.05, 0.1) is 5.60 Å². The Morgan fingerprint density at radius 1 is 1.27 bits per heavy atom. The lowest BCUT2D eigenvalue weighted by Gasteiger charge is -2.31. The topological polar surface area (TPSA) is 84.6 Å². The second-order valence-corrected chi connectivity index (χ2v) is 5.46. The first-order valence-electron chi connectivity index (χ1n) is 7.27. The fourth-order valence-corrected chi connectivity index (χ4v) is 2.38. The average molecular weight is 302 g/mol. The number of nitrogens with one attached hydrogen (secondary N) is 1. The first-order chi connectivity index (χ1) is 10.7. The van der Waals surface area contributed by atoms with Gasteiger partial charge in [-0.15, -0.1) is 0 Å². The maximum atomic E-state index is 12.1. The van der Waals surface area contributed by atoms with E-state index in [0.717, 1.165) is 5.56 Å². The minimum atomic E-state index is -0.903. The summed E-state index contributed by atoms with van der Waals surface area (Å²) in [6.45, 7) is 1.20. The van der Waals surface area contributed by atoms with Crippen LogP contribution in [0.15, 0.2) is 40.9 Å². The molecule has 0 saturated carbocycles. The molecule has 1 aliphatic rings. The quantitative estimate of drug-likeness (QED) is 0.896. The largest absolute Gasteiger partial charge is 0.388 e. The van der Waals surface area contributed by atoms with Crippen molar-refractivity contribution < 1.29 is 19.2 Å². The molecule has 3 rings (SSSR count). The Morgan fingerprint density at radius 3 is 2.73 bits per heavy atom. The predicted molar refractivity (Wildman–Crippen MR) is 79.3 cm³/mol. The Labute approximate surface area is 128 Å². The number of carbonyl (C=O) groups excluding carboxylic acids is 1. The van der Waals surface area contributed by atoms with Gasteiger partial charge in [-0.1, -0.05) is 35.5 Å². The molecular formula is C16H18N2O4. The lowest BCUT2D eigenvalue weighted by atomic mass is 9.94. The first-order valence-corrected chi connectivity index (χ1v) is 7.27. The molecule has 6 heteroatoms. The molecular weight excluding hydrogens is 284 g/mol. The second kappa shape index (κ2) is 6.29. The predicted octanol–water partition coefficient (Wildman–Crippen LogP) is 1.61. The summed E-state index contributed by atoms with van der Waals surface area (Å²) in [5, 5.41) is 16.8. The highest BCUT2D eigenvalue weighted by Gasteiger charge is 2.30. The molecule has 1 saturated heterocycles. The zero-order valence-corrected chi connectivity index (χ0v) is 12.1. The molecule has 2 heterocycles. The zero-order valence-electron chi connectivity index (χ0n) is 12.1. The number of aromatic nitrogens is 1. The fourth-order valence-electron chi connectivity index (χ4n) is 2.38. The van der Waals surface area contributed by atoms with Gasteiger partial charge in [-0.25, -0.2) is 0 Å². The molecule has 0 bridgehead atoms. The van der Waals surface area contributed by atoms with E-state index in [4.69, 9.17) is 9.26 Å². The molecule has 6 nitrogen and oxygen atoms in total. The summed E-state index contributed by atoms with van der Waals surface area (Å²) in [6, 6.07) is 11.0. The highest BCUT2D eigenvalue weighted by molar-refractivity contribution is 5.93. The van der Waals surface area contributed by atoms with E-state index in [1.165, 1.54) is 0 Å². The van der Waals surface area contributed by atoms with Crippen LogP contribution in [-0.4, -0.2) is 41.5 Å². The van der Waals surface area contributed by atoms with Gasteiger partial charge in [0.15, 0.2) is 11.5 Å². The molecule has 1 fully saturated rings. The summed E-state index contributed by atoms with van der Waals surface area (Å²) < 4.78 is 10.4. The Bertz CT molecular complexity index is 633. The van der Waals surface area contributed by atoms with Gasteiger partial charge in [0.25, 0.3) is 5.91 Å². The molecule has 0 aliphatic carbocycles. The third-order valence-electron chi connectivity index (χ3n) is 3.80. The summed E-state index contributed by atoms with van der Waals surface area (Å²) in [4.78, 5) is 12.1. The normalized spacial score (nSPS) is 17.1. The maximum absolute atomic E-state index is 12.1. The number of aliphatic hydroxyl groups is 1. The average Bonchev–Trinajstić information content (AvgIpc) is 3.04. The molecule has 1 amide bonds. The van der Waals surface area contributed by atoms with Gasteiger partial charge in [-0.3, -0.25) is 4.79 Å². The fraction of sp³-hybridized carbons (Fsp3) is 0.375. The standard InChI is InChI=1S/C16H18N2O4/c19-15(17-11-16(20)6-8-21-9-7-16)13-10-14(22-18-13)12-4-2-1-3-5-12/h1-5,10,20H,6-9,11H2,(H,17,19). The minimum absolute atomic E-state index is 0.183. The SMILES string of the molecule is O=C(NCC1(O)CCOCC1)c1cc(-c2ccccc2)on1. The molecule has 1 aliphatic heterocycles. The number of rotatable bonds is 4. The number of ether oxygens (including phenoxy) is 1. The molecule has 0 radical (unpaired) electrons. The lowest BCUT2D eigenvalue weighted by molar-refractivity contribution is -0.0605. The molecule has 1 aromatic heterocycles. The van der Waals surface area contributed by atoms with E-state index >= 15 is 0 Å². The summed E-state index contributed by atoms with van der Waals surface area (Å²) in [5.41, 5.74) is 0.159. The van der Waals surface area contributed by atoms with E-state index in [1.807, 2.05) is 30.3 Å². The van der Waals surface area contributed by atoms with Crippen LogP contribution in [0.1, 0.15) is 23.3 Å². The van der Waals surface area contributed by atoms with Crippen LogP contribution in [0.5, 0.6) is 0 Å². The number of benzene rings is 1. The number of nitrogens with zero attached hydrogens (tertiary/aromatic N) is 1. The Balaban J connectivity index is 1.62. The molecule has 2 aromatic rings. The van der Waals surface area contributed by atoms with Gasteiger partial charge in [0, 0.05) is 44.2 Å². The van der Waals surface area contributed by atoms with Gasteiger partial charge >= 0.3 is 0 Å². The van der Waals surface area contributed by atoms with Crippen LogP contribution < -0.4 is 5.32 Å². The molecule has 0 spiro atoms. The van der Waals surface area contributed by atoms with Crippen molar-refractivity contribution in [2.24, 2.45) is 0 Å². The molecule has 0 atom stereocenters. The number of carbonyl (C=O) groups is 1. The van der Waals surface area contributed by atoms with Gasteiger partial charge in [-0.2, -0.15) is 0 Å². The second-order valence-electron chi connectivity index (χ2n) is 5.46. The van der Waals surface area contributed by atoms with Crippen molar-refractivity contribution in [1.29, 1.82) is 0 Å². The number of amides is 1. The first kappa shape index (κ1) is 14.7. The van der Waals surface area contributed by atoms with Crippen molar-refractivity contribution in [2.45, 2.75) is 18.4 Å². The van der Waals surface area contributed by atoms with Gasteiger partial charge in [-0.05, 0) is 0 Å². The van der Waals surface area contributed by atoms with Crippen molar-refractivity contribution in [2.75, 3.05) is 19.8 Å². The maximum Gasteiger partial charge on any atom is 0.273 e. The van der Waals surface area contributed by atoms with Crippen LogP contribution in [0.3, 0.4) is 0 Å². The van der Waals surface area contributed by atoms with Gasteiger partial charge in [0.1, 0.15) is 0 Å². The minimum Gasteiger partial charge on any atom is -0.388 e. The molecule has 0 unspecified atom stereocenters. The monoisotopic (exact) mass is 302 g/mol.